The highest BCUT2D eigenvalue weighted by molar-refractivity contribution is 5.78. The molecule has 1 saturated carbocycles. The average molecular weight is 525 g/mol. The first-order chi connectivity index (χ1) is 17.5. The molecule has 4 aliphatic rings. The van der Waals surface area contributed by atoms with Gasteiger partial charge in [0.05, 0.1) is 12.1 Å². The van der Waals surface area contributed by atoms with Crippen LogP contribution in [0.3, 0.4) is 0 Å². The molecule has 0 aromatic rings. The normalized spacial score (nSPS) is 28.6. The zero-order valence-electron chi connectivity index (χ0n) is 22.0. The van der Waals surface area contributed by atoms with Crippen LogP contribution in [-0.2, 0) is 9.53 Å². The highest BCUT2D eigenvalue weighted by atomic mass is 19.4. The van der Waals surface area contributed by atoms with E-state index in [1.807, 2.05) is 37.0 Å². The van der Waals surface area contributed by atoms with Gasteiger partial charge in [0, 0.05) is 38.6 Å². The third kappa shape index (κ3) is 6.33. The highest BCUT2D eigenvalue weighted by Crippen LogP contribution is 2.54. The molecule has 0 aromatic heterocycles. The van der Waals surface area contributed by atoms with Gasteiger partial charge in [0.2, 0.25) is 5.91 Å². The Balaban J connectivity index is 1.23. The molecule has 0 aromatic carbocycles. The Morgan fingerprint density at radius 1 is 1.30 bits per heavy atom. The van der Waals surface area contributed by atoms with Crippen LogP contribution in [0.1, 0.15) is 46.0 Å². The fourth-order valence-corrected chi connectivity index (χ4v) is 6.19. The largest absolute Gasteiger partial charge is 0.408 e. The predicted octanol–water partition coefficient (Wildman–Crippen LogP) is 4.09. The van der Waals surface area contributed by atoms with Crippen LogP contribution in [0.5, 0.6) is 0 Å². The molecule has 7 nitrogen and oxygen atoms in total. The number of carbonyl (C=O) groups excluding carboxylic acids is 2. The smallest absolute Gasteiger partial charge is 0.366 e. The fraction of sp³-hybridized carbons (Fsp3) is 0.704. The van der Waals surface area contributed by atoms with Crippen LogP contribution in [0, 0.1) is 11.3 Å². The summed E-state index contributed by atoms with van der Waals surface area (Å²) in [7, 11) is 1.80. The first kappa shape index (κ1) is 27.5. The van der Waals surface area contributed by atoms with Gasteiger partial charge in [0.25, 0.3) is 0 Å². The number of likely N-dealkylation sites (tertiary alicyclic amines) is 2. The summed E-state index contributed by atoms with van der Waals surface area (Å²) in [5.41, 5.74) is 1.27. The SMILES string of the molecule is C\C=C/C(=C\C=C\N1CCCC1C(F)(F)F)C1CC2(C1)CN(C(=O)N(C)CC[C@@H]1OCC(=O)N[C@@H]1C)C2. The minimum atomic E-state index is -4.20. The lowest BCUT2D eigenvalue weighted by atomic mass is 9.56. The lowest BCUT2D eigenvalue weighted by Gasteiger charge is -2.59. The van der Waals surface area contributed by atoms with Crippen molar-refractivity contribution in [3.05, 3.63) is 36.1 Å². The van der Waals surface area contributed by atoms with E-state index in [9.17, 15) is 22.8 Å². The van der Waals surface area contributed by atoms with Crippen LogP contribution in [0.4, 0.5) is 18.0 Å². The molecule has 1 spiro atoms. The summed E-state index contributed by atoms with van der Waals surface area (Å²) in [6, 6.07) is -1.44. The maximum Gasteiger partial charge on any atom is 0.408 e. The minimum absolute atomic E-state index is 0.0126. The predicted molar refractivity (Wildman–Crippen MR) is 135 cm³/mol. The van der Waals surface area contributed by atoms with Crippen LogP contribution in [0.25, 0.3) is 0 Å². The van der Waals surface area contributed by atoms with Gasteiger partial charge in [-0.2, -0.15) is 13.2 Å². The first-order valence-electron chi connectivity index (χ1n) is 13.3. The summed E-state index contributed by atoms with van der Waals surface area (Å²) in [5, 5.41) is 2.87. The molecule has 3 aliphatic heterocycles. The van der Waals surface area contributed by atoms with Gasteiger partial charge in [-0.25, -0.2) is 4.79 Å². The Hall–Kier alpha value is -2.49. The molecule has 1 unspecified atom stereocenters. The monoisotopic (exact) mass is 524 g/mol. The quantitative estimate of drug-likeness (QED) is 0.510. The van der Waals surface area contributed by atoms with Gasteiger partial charge in [-0.3, -0.25) is 4.79 Å². The molecule has 1 aliphatic carbocycles. The minimum Gasteiger partial charge on any atom is -0.366 e. The van der Waals surface area contributed by atoms with Crippen LogP contribution >= 0.6 is 0 Å². The molecule has 3 atom stereocenters. The Morgan fingerprint density at radius 2 is 2.03 bits per heavy atom. The Labute approximate surface area is 217 Å². The van der Waals surface area contributed by atoms with Gasteiger partial charge < -0.3 is 24.8 Å². The Kier molecular flexibility index (Phi) is 8.26. The second-order valence-corrected chi connectivity index (χ2v) is 11.1. The molecule has 4 fully saturated rings. The third-order valence-electron chi connectivity index (χ3n) is 8.20. The van der Waals surface area contributed by atoms with Gasteiger partial charge >= 0.3 is 12.2 Å². The van der Waals surface area contributed by atoms with Crippen molar-refractivity contribution >= 4 is 11.9 Å². The number of hydrogen-bond acceptors (Lipinski definition) is 4. The standard InChI is InChI=1S/C27H39F3N4O3/c1-4-7-20(8-5-11-33-12-6-9-23(33)27(28,29)30)21-14-26(15-21)17-34(18-26)25(36)32(3)13-10-22-19(2)31-24(35)16-37-22/h4-5,7-8,11,19,21-23H,6,9-10,12-18H2,1-3H3,(H,31,35)/b7-4-,11-5+,20-8+/t19-,22+,23?/m1/s1. The highest BCUT2D eigenvalue weighted by Gasteiger charge is 2.54. The number of rotatable bonds is 7. The third-order valence-corrected chi connectivity index (χ3v) is 8.20. The second kappa shape index (κ2) is 11.1. The molecule has 1 N–H and O–H groups in total. The number of allylic oxidation sites excluding steroid dienone is 5. The number of urea groups is 1. The molecular weight excluding hydrogens is 485 g/mol. The lowest BCUT2D eigenvalue weighted by molar-refractivity contribution is -0.169. The Bertz CT molecular complexity index is 934. The topological polar surface area (TPSA) is 65.1 Å². The van der Waals surface area contributed by atoms with E-state index >= 15 is 0 Å². The van der Waals surface area contributed by atoms with Crippen LogP contribution < -0.4 is 5.32 Å². The molecule has 0 radical (unpaired) electrons. The van der Waals surface area contributed by atoms with E-state index in [0.717, 1.165) is 31.5 Å². The van der Waals surface area contributed by atoms with Crippen molar-refractivity contribution in [3.63, 3.8) is 0 Å². The van der Waals surface area contributed by atoms with Crippen LogP contribution in [0.15, 0.2) is 36.1 Å². The Morgan fingerprint density at radius 3 is 2.68 bits per heavy atom. The van der Waals surface area contributed by atoms with Gasteiger partial charge in [0.15, 0.2) is 0 Å². The molecule has 10 heteroatoms. The second-order valence-electron chi connectivity index (χ2n) is 11.1. The van der Waals surface area contributed by atoms with Gasteiger partial charge in [0.1, 0.15) is 12.6 Å². The molecular formula is C27H39F3N4O3. The van der Waals surface area contributed by atoms with Crippen LogP contribution in [0.2, 0.25) is 0 Å². The van der Waals surface area contributed by atoms with Crippen molar-refractivity contribution in [1.29, 1.82) is 0 Å². The molecule has 3 heterocycles. The summed E-state index contributed by atoms with van der Waals surface area (Å²) in [6.07, 6.45) is 8.31. The van der Waals surface area contributed by atoms with Crippen molar-refractivity contribution < 1.29 is 27.5 Å². The number of ether oxygens (including phenoxy) is 1. The van der Waals surface area contributed by atoms with E-state index in [4.69, 9.17) is 4.74 Å². The summed E-state index contributed by atoms with van der Waals surface area (Å²) in [4.78, 5) is 29.3. The summed E-state index contributed by atoms with van der Waals surface area (Å²) in [6.45, 7) is 6.38. The van der Waals surface area contributed by atoms with E-state index in [0.29, 0.717) is 31.8 Å². The molecule has 3 amide bonds. The fourth-order valence-electron chi connectivity index (χ4n) is 6.19. The van der Waals surface area contributed by atoms with Crippen molar-refractivity contribution in [1.82, 2.24) is 20.0 Å². The number of nitrogens with zero attached hydrogens (tertiary/aromatic N) is 3. The number of morpholine rings is 1. The zero-order valence-corrected chi connectivity index (χ0v) is 22.0. The van der Waals surface area contributed by atoms with E-state index in [-0.39, 0.29) is 42.5 Å². The van der Waals surface area contributed by atoms with E-state index < -0.39 is 12.2 Å². The van der Waals surface area contributed by atoms with Gasteiger partial charge in [-0.05, 0) is 69.7 Å². The average Bonchev–Trinajstić information content (AvgIpc) is 3.25. The van der Waals surface area contributed by atoms with Crippen molar-refractivity contribution in [3.8, 4) is 0 Å². The maximum atomic E-state index is 13.2. The van der Waals surface area contributed by atoms with E-state index in [1.165, 1.54) is 4.90 Å². The molecule has 3 saturated heterocycles. The van der Waals surface area contributed by atoms with E-state index in [1.54, 1.807) is 24.2 Å². The maximum absolute atomic E-state index is 13.2. The van der Waals surface area contributed by atoms with Gasteiger partial charge in [-0.1, -0.05) is 18.2 Å². The lowest BCUT2D eigenvalue weighted by Crippen LogP contribution is -2.65. The van der Waals surface area contributed by atoms with Crippen molar-refractivity contribution in [2.75, 3.05) is 39.8 Å². The molecule has 37 heavy (non-hydrogen) atoms. The first-order valence-corrected chi connectivity index (χ1v) is 13.3. The molecule has 0 bridgehead atoms. The zero-order chi connectivity index (χ0) is 26.8. The van der Waals surface area contributed by atoms with Gasteiger partial charge in [-0.15, -0.1) is 0 Å². The molecule has 206 valence electrons. The summed E-state index contributed by atoms with van der Waals surface area (Å²) >= 11 is 0. The number of carbonyl (C=O) groups is 2. The number of alkyl halides is 3. The number of hydrogen-bond donors (Lipinski definition) is 1. The number of nitrogens with one attached hydrogen (secondary N) is 1. The van der Waals surface area contributed by atoms with Crippen molar-refractivity contribution in [2.45, 2.75) is 70.3 Å². The number of halogens is 3. The van der Waals surface area contributed by atoms with Crippen LogP contribution in [-0.4, -0.2) is 90.8 Å². The summed E-state index contributed by atoms with van der Waals surface area (Å²) in [5.74, 6) is 0.246. The van der Waals surface area contributed by atoms with E-state index in [2.05, 4.69) is 5.32 Å². The summed E-state index contributed by atoms with van der Waals surface area (Å²) < 4.78 is 45.1. The molecule has 4 rings (SSSR count). The van der Waals surface area contributed by atoms with Crippen molar-refractivity contribution in [2.24, 2.45) is 11.3 Å². The number of amides is 3.